The molecule has 2 amide bonds. The molecule has 2 aromatic carbocycles. The van der Waals surface area contributed by atoms with Crippen molar-refractivity contribution in [3.63, 3.8) is 0 Å². The van der Waals surface area contributed by atoms with Gasteiger partial charge < -0.3 is 15.5 Å². The zero-order valence-corrected chi connectivity index (χ0v) is 17.6. The Balaban J connectivity index is 1.52. The Morgan fingerprint density at radius 1 is 1.03 bits per heavy atom. The van der Waals surface area contributed by atoms with E-state index in [1.165, 1.54) is 0 Å². The summed E-state index contributed by atoms with van der Waals surface area (Å²) in [6.07, 6.45) is 4.03. The highest BCUT2D eigenvalue weighted by Crippen LogP contribution is 2.24. The molecule has 0 aliphatic heterocycles. The minimum atomic E-state index is -0.0419. The lowest BCUT2D eigenvalue weighted by molar-refractivity contribution is 0.0901. The van der Waals surface area contributed by atoms with Crippen LogP contribution in [-0.2, 0) is 0 Å². The molecule has 3 rings (SSSR count). The van der Waals surface area contributed by atoms with Crippen LogP contribution < -0.4 is 15.5 Å². The minimum absolute atomic E-state index is 0.00159. The molecule has 154 valence electrons. The van der Waals surface area contributed by atoms with Crippen LogP contribution in [0.3, 0.4) is 0 Å². The van der Waals surface area contributed by atoms with E-state index < -0.39 is 0 Å². The summed E-state index contributed by atoms with van der Waals surface area (Å²) in [4.78, 5) is 27.1. The lowest BCUT2D eigenvalue weighted by Crippen LogP contribution is -2.41. The molecule has 1 aliphatic carbocycles. The topological polar surface area (TPSA) is 61.4 Å². The van der Waals surface area contributed by atoms with Gasteiger partial charge in [0.2, 0.25) is 0 Å². The Hall–Kier alpha value is -2.82. The first-order valence-corrected chi connectivity index (χ1v) is 10.4. The SMILES string of the molecule is Cc1ccccc1C(=O)N[C@H]1CCC[C@@H](CNC(=O)c2cccc(N(C)C)c2)C1. The monoisotopic (exact) mass is 393 g/mol. The van der Waals surface area contributed by atoms with E-state index in [1.807, 2.05) is 74.4 Å². The van der Waals surface area contributed by atoms with E-state index in [4.69, 9.17) is 0 Å². The first kappa shape index (κ1) is 20.9. The normalized spacial score (nSPS) is 18.7. The van der Waals surface area contributed by atoms with Gasteiger partial charge in [0.05, 0.1) is 0 Å². The molecule has 0 heterocycles. The highest BCUT2D eigenvalue weighted by Gasteiger charge is 2.24. The molecule has 1 fully saturated rings. The van der Waals surface area contributed by atoms with Crippen molar-refractivity contribution in [2.45, 2.75) is 38.6 Å². The van der Waals surface area contributed by atoms with E-state index in [0.29, 0.717) is 18.0 Å². The molecular formula is C24H31N3O2. The van der Waals surface area contributed by atoms with Gasteiger partial charge in [-0.1, -0.05) is 30.7 Å². The summed E-state index contributed by atoms with van der Waals surface area (Å²) in [5, 5.41) is 6.27. The summed E-state index contributed by atoms with van der Waals surface area (Å²) in [6, 6.07) is 15.5. The third-order valence-electron chi connectivity index (χ3n) is 5.68. The zero-order valence-electron chi connectivity index (χ0n) is 17.6. The summed E-state index contributed by atoms with van der Waals surface area (Å²) in [5.74, 6) is 0.338. The first-order chi connectivity index (χ1) is 13.9. The largest absolute Gasteiger partial charge is 0.378 e. The van der Waals surface area contributed by atoms with Crippen molar-refractivity contribution in [2.24, 2.45) is 5.92 Å². The molecule has 1 saturated carbocycles. The van der Waals surface area contributed by atoms with Crippen LogP contribution in [0.2, 0.25) is 0 Å². The number of rotatable bonds is 6. The molecule has 0 spiro atoms. The maximum absolute atomic E-state index is 12.6. The fraction of sp³-hybridized carbons (Fsp3) is 0.417. The van der Waals surface area contributed by atoms with Gasteiger partial charge in [0.15, 0.2) is 0 Å². The molecular weight excluding hydrogens is 362 g/mol. The molecule has 0 unspecified atom stereocenters. The molecule has 5 nitrogen and oxygen atoms in total. The smallest absolute Gasteiger partial charge is 0.251 e. The number of amides is 2. The number of hydrogen-bond donors (Lipinski definition) is 2. The van der Waals surface area contributed by atoms with Crippen molar-refractivity contribution in [1.29, 1.82) is 0 Å². The average Bonchev–Trinajstić information content (AvgIpc) is 2.72. The van der Waals surface area contributed by atoms with Crippen LogP contribution in [-0.4, -0.2) is 38.5 Å². The second kappa shape index (κ2) is 9.59. The van der Waals surface area contributed by atoms with Crippen LogP contribution in [0.1, 0.15) is 52.0 Å². The highest BCUT2D eigenvalue weighted by atomic mass is 16.2. The molecule has 5 heteroatoms. The van der Waals surface area contributed by atoms with E-state index in [9.17, 15) is 9.59 Å². The van der Waals surface area contributed by atoms with Gasteiger partial charge in [0.25, 0.3) is 11.8 Å². The zero-order chi connectivity index (χ0) is 20.8. The third-order valence-corrected chi connectivity index (χ3v) is 5.68. The van der Waals surface area contributed by atoms with Crippen LogP contribution in [0.5, 0.6) is 0 Å². The fourth-order valence-electron chi connectivity index (χ4n) is 3.96. The number of carbonyl (C=O) groups is 2. The van der Waals surface area contributed by atoms with Crippen LogP contribution in [0.4, 0.5) is 5.69 Å². The third kappa shape index (κ3) is 5.59. The van der Waals surface area contributed by atoms with Crippen LogP contribution >= 0.6 is 0 Å². The maximum Gasteiger partial charge on any atom is 0.251 e. The van der Waals surface area contributed by atoms with Gasteiger partial charge in [-0.15, -0.1) is 0 Å². The molecule has 2 N–H and O–H groups in total. The quantitative estimate of drug-likeness (QED) is 0.785. The predicted octanol–water partition coefficient (Wildman–Crippen LogP) is 3.78. The second-order valence-electron chi connectivity index (χ2n) is 8.17. The molecule has 0 aromatic heterocycles. The minimum Gasteiger partial charge on any atom is -0.378 e. The van der Waals surface area contributed by atoms with Gasteiger partial charge in [0.1, 0.15) is 0 Å². The van der Waals surface area contributed by atoms with E-state index >= 15 is 0 Å². The van der Waals surface area contributed by atoms with Gasteiger partial charge in [0, 0.05) is 43.5 Å². The van der Waals surface area contributed by atoms with Crippen molar-refractivity contribution in [1.82, 2.24) is 10.6 Å². The Kier molecular flexibility index (Phi) is 6.91. The number of nitrogens with one attached hydrogen (secondary N) is 2. The van der Waals surface area contributed by atoms with Gasteiger partial charge in [-0.25, -0.2) is 0 Å². The number of benzene rings is 2. The fourth-order valence-corrected chi connectivity index (χ4v) is 3.96. The Labute approximate surface area is 173 Å². The van der Waals surface area contributed by atoms with Crippen LogP contribution in [0.15, 0.2) is 48.5 Å². The van der Waals surface area contributed by atoms with Crippen molar-refractivity contribution in [2.75, 3.05) is 25.5 Å². The average molecular weight is 394 g/mol. The van der Waals surface area contributed by atoms with Crippen molar-refractivity contribution in [3.05, 3.63) is 65.2 Å². The predicted molar refractivity (Wildman–Crippen MR) is 117 cm³/mol. The summed E-state index contributed by atoms with van der Waals surface area (Å²) in [5.41, 5.74) is 3.42. The maximum atomic E-state index is 12.6. The van der Waals surface area contributed by atoms with Gasteiger partial charge >= 0.3 is 0 Å². The van der Waals surface area contributed by atoms with Crippen LogP contribution in [0, 0.1) is 12.8 Å². The van der Waals surface area contributed by atoms with E-state index in [2.05, 4.69) is 10.6 Å². The van der Waals surface area contributed by atoms with Crippen LogP contribution in [0.25, 0.3) is 0 Å². The Morgan fingerprint density at radius 2 is 1.83 bits per heavy atom. The summed E-state index contributed by atoms with van der Waals surface area (Å²) >= 11 is 0. The van der Waals surface area contributed by atoms with Gasteiger partial charge in [-0.05, 0) is 61.9 Å². The molecule has 2 atom stereocenters. The second-order valence-corrected chi connectivity index (χ2v) is 8.17. The number of aryl methyl sites for hydroxylation is 1. The first-order valence-electron chi connectivity index (χ1n) is 10.4. The van der Waals surface area contributed by atoms with E-state index in [-0.39, 0.29) is 17.9 Å². The van der Waals surface area contributed by atoms with Gasteiger partial charge in [-0.2, -0.15) is 0 Å². The highest BCUT2D eigenvalue weighted by molar-refractivity contribution is 5.96. The lowest BCUT2D eigenvalue weighted by Gasteiger charge is -2.30. The number of hydrogen-bond acceptors (Lipinski definition) is 3. The number of carbonyl (C=O) groups excluding carboxylic acids is 2. The van der Waals surface area contributed by atoms with E-state index in [0.717, 1.165) is 42.5 Å². The lowest BCUT2D eigenvalue weighted by atomic mass is 9.85. The van der Waals surface area contributed by atoms with Crippen molar-refractivity contribution < 1.29 is 9.59 Å². The summed E-state index contributed by atoms with van der Waals surface area (Å²) in [6.45, 7) is 2.60. The number of anilines is 1. The van der Waals surface area contributed by atoms with Gasteiger partial charge in [-0.3, -0.25) is 9.59 Å². The Bertz CT molecular complexity index is 863. The van der Waals surface area contributed by atoms with Crippen molar-refractivity contribution >= 4 is 17.5 Å². The number of nitrogens with zero attached hydrogens (tertiary/aromatic N) is 1. The molecule has 0 bridgehead atoms. The Morgan fingerprint density at radius 3 is 2.59 bits per heavy atom. The van der Waals surface area contributed by atoms with E-state index in [1.54, 1.807) is 0 Å². The molecule has 2 aromatic rings. The summed E-state index contributed by atoms with van der Waals surface area (Å²) < 4.78 is 0. The molecule has 29 heavy (non-hydrogen) atoms. The molecule has 0 radical (unpaired) electrons. The molecule has 0 saturated heterocycles. The molecule has 1 aliphatic rings. The standard InChI is InChI=1S/C24H31N3O2/c1-17-8-4-5-13-22(17)24(29)26-20-11-6-9-18(14-20)16-25-23(28)19-10-7-12-21(15-19)27(2)3/h4-5,7-8,10,12-13,15,18,20H,6,9,11,14,16H2,1-3H3,(H,25,28)(H,26,29)/t18-,20+/m1/s1. The van der Waals surface area contributed by atoms with Crippen molar-refractivity contribution in [3.8, 4) is 0 Å². The summed E-state index contributed by atoms with van der Waals surface area (Å²) in [7, 11) is 3.93.